The maximum Gasteiger partial charge on any atom is 0.0876 e. The van der Waals surface area contributed by atoms with E-state index in [1.807, 2.05) is 6.26 Å². The van der Waals surface area contributed by atoms with Gasteiger partial charge in [0, 0.05) is 12.5 Å². The Labute approximate surface area is 90.8 Å². The molecule has 4 heteroatoms. The Balaban J connectivity index is 2.05. The van der Waals surface area contributed by atoms with E-state index in [0.717, 1.165) is 32.5 Å². The van der Waals surface area contributed by atoms with E-state index in [2.05, 4.69) is 12.3 Å². The third-order valence-electron chi connectivity index (χ3n) is 3.40. The lowest BCUT2D eigenvalue weighted by Crippen LogP contribution is -2.45. The van der Waals surface area contributed by atoms with E-state index in [1.54, 1.807) is 0 Å². The number of hydrogen-bond donors (Lipinski definition) is 2. The van der Waals surface area contributed by atoms with Crippen molar-refractivity contribution in [1.29, 1.82) is 0 Å². The van der Waals surface area contributed by atoms with Crippen molar-refractivity contribution in [3.8, 4) is 0 Å². The van der Waals surface area contributed by atoms with Crippen LogP contribution in [0, 0.1) is 5.92 Å². The zero-order valence-electron chi connectivity index (χ0n) is 9.24. The van der Waals surface area contributed by atoms with E-state index in [1.165, 1.54) is 5.57 Å². The second-order valence-electron chi connectivity index (χ2n) is 4.34. The molecule has 0 aliphatic carbocycles. The first-order valence-corrected chi connectivity index (χ1v) is 5.71. The van der Waals surface area contributed by atoms with Gasteiger partial charge in [0.15, 0.2) is 0 Å². The number of rotatable bonds is 3. The largest absolute Gasteiger partial charge is 0.501 e. The molecule has 86 valence electrons. The van der Waals surface area contributed by atoms with Gasteiger partial charge in [-0.05, 0) is 31.8 Å². The summed E-state index contributed by atoms with van der Waals surface area (Å²) in [6, 6.07) is 0.211. The lowest BCUT2D eigenvalue weighted by atomic mass is 9.87. The molecule has 2 aliphatic rings. The summed E-state index contributed by atoms with van der Waals surface area (Å²) >= 11 is 0. The standard InChI is InChI=1S/C11H20N2O2/c1-8-10(4-6-15-8)11(13-12)9-3-2-5-14-7-9/h7-8,10-11,13H,2-6,12H2,1H3. The van der Waals surface area contributed by atoms with Crippen LogP contribution in [0.2, 0.25) is 0 Å². The van der Waals surface area contributed by atoms with Gasteiger partial charge in [-0.15, -0.1) is 0 Å². The van der Waals surface area contributed by atoms with Crippen molar-refractivity contribution >= 4 is 0 Å². The normalized spacial score (nSPS) is 33.3. The molecule has 2 rings (SSSR count). The molecule has 0 saturated carbocycles. The molecule has 1 fully saturated rings. The topological polar surface area (TPSA) is 56.5 Å². The number of ether oxygens (including phenoxy) is 2. The van der Waals surface area contributed by atoms with Crippen LogP contribution >= 0.6 is 0 Å². The van der Waals surface area contributed by atoms with E-state index in [0.29, 0.717) is 5.92 Å². The van der Waals surface area contributed by atoms with Gasteiger partial charge in [-0.3, -0.25) is 11.3 Å². The lowest BCUT2D eigenvalue weighted by molar-refractivity contribution is 0.0971. The molecule has 3 atom stereocenters. The van der Waals surface area contributed by atoms with Crippen LogP contribution in [-0.2, 0) is 9.47 Å². The van der Waals surface area contributed by atoms with E-state index >= 15 is 0 Å². The minimum Gasteiger partial charge on any atom is -0.501 e. The van der Waals surface area contributed by atoms with Crippen LogP contribution in [-0.4, -0.2) is 25.4 Å². The van der Waals surface area contributed by atoms with Gasteiger partial charge >= 0.3 is 0 Å². The highest BCUT2D eigenvalue weighted by molar-refractivity contribution is 5.12. The fraction of sp³-hybridized carbons (Fsp3) is 0.818. The minimum atomic E-state index is 0.211. The van der Waals surface area contributed by atoms with E-state index in [-0.39, 0.29) is 12.1 Å². The van der Waals surface area contributed by atoms with Gasteiger partial charge in [0.1, 0.15) is 0 Å². The van der Waals surface area contributed by atoms with Gasteiger partial charge in [-0.1, -0.05) is 0 Å². The third kappa shape index (κ3) is 2.33. The van der Waals surface area contributed by atoms with Gasteiger partial charge in [-0.2, -0.15) is 0 Å². The molecule has 0 spiro atoms. The Bertz CT molecular complexity index is 243. The van der Waals surface area contributed by atoms with Crippen LogP contribution in [0.15, 0.2) is 11.8 Å². The summed E-state index contributed by atoms with van der Waals surface area (Å²) < 4.78 is 10.9. The molecule has 0 amide bonds. The Morgan fingerprint density at radius 3 is 2.93 bits per heavy atom. The number of hydrazine groups is 1. The van der Waals surface area contributed by atoms with Crippen LogP contribution in [0.25, 0.3) is 0 Å². The maximum absolute atomic E-state index is 5.64. The Kier molecular flexibility index (Phi) is 3.61. The fourth-order valence-electron chi connectivity index (χ4n) is 2.50. The molecule has 0 bridgehead atoms. The molecule has 2 aliphatic heterocycles. The van der Waals surface area contributed by atoms with Gasteiger partial charge < -0.3 is 9.47 Å². The van der Waals surface area contributed by atoms with Gasteiger partial charge in [0.25, 0.3) is 0 Å². The van der Waals surface area contributed by atoms with Crippen LogP contribution in [0.1, 0.15) is 26.2 Å². The fourth-order valence-corrected chi connectivity index (χ4v) is 2.50. The highest BCUT2D eigenvalue weighted by Crippen LogP contribution is 2.29. The van der Waals surface area contributed by atoms with E-state index in [4.69, 9.17) is 15.3 Å². The van der Waals surface area contributed by atoms with Crippen molar-refractivity contribution in [2.45, 2.75) is 38.3 Å². The first-order chi connectivity index (χ1) is 7.33. The van der Waals surface area contributed by atoms with Crippen molar-refractivity contribution in [2.24, 2.45) is 11.8 Å². The number of nitrogens with two attached hydrogens (primary N) is 1. The molecule has 0 aromatic carbocycles. The van der Waals surface area contributed by atoms with Gasteiger partial charge in [0.05, 0.1) is 25.0 Å². The average molecular weight is 212 g/mol. The molecule has 0 aromatic heterocycles. The molecule has 0 radical (unpaired) electrons. The molecule has 2 heterocycles. The zero-order valence-corrected chi connectivity index (χ0v) is 9.24. The molecule has 3 N–H and O–H groups in total. The molecule has 1 saturated heterocycles. The smallest absolute Gasteiger partial charge is 0.0876 e. The van der Waals surface area contributed by atoms with Crippen molar-refractivity contribution in [3.63, 3.8) is 0 Å². The van der Waals surface area contributed by atoms with Crippen LogP contribution in [0.4, 0.5) is 0 Å². The Morgan fingerprint density at radius 2 is 2.40 bits per heavy atom. The summed E-state index contributed by atoms with van der Waals surface area (Å²) in [5.41, 5.74) is 4.20. The predicted molar refractivity (Wildman–Crippen MR) is 57.9 cm³/mol. The van der Waals surface area contributed by atoms with Crippen molar-refractivity contribution in [3.05, 3.63) is 11.8 Å². The lowest BCUT2D eigenvalue weighted by Gasteiger charge is -2.29. The highest BCUT2D eigenvalue weighted by Gasteiger charge is 2.33. The SMILES string of the molecule is CC1OCCC1C(NN)C1=COCCC1. The molecule has 3 unspecified atom stereocenters. The average Bonchev–Trinajstić information content (AvgIpc) is 2.68. The first-order valence-electron chi connectivity index (χ1n) is 5.71. The van der Waals surface area contributed by atoms with Crippen LogP contribution < -0.4 is 11.3 Å². The number of nitrogens with one attached hydrogen (secondary N) is 1. The maximum atomic E-state index is 5.64. The van der Waals surface area contributed by atoms with Crippen molar-refractivity contribution in [2.75, 3.05) is 13.2 Å². The second-order valence-corrected chi connectivity index (χ2v) is 4.34. The van der Waals surface area contributed by atoms with Gasteiger partial charge in [0.2, 0.25) is 0 Å². The molecular weight excluding hydrogens is 192 g/mol. The monoisotopic (exact) mass is 212 g/mol. The highest BCUT2D eigenvalue weighted by atomic mass is 16.5. The molecule has 0 aromatic rings. The van der Waals surface area contributed by atoms with Crippen LogP contribution in [0.3, 0.4) is 0 Å². The molecule has 15 heavy (non-hydrogen) atoms. The summed E-state index contributed by atoms with van der Waals surface area (Å²) in [6.07, 6.45) is 5.41. The summed E-state index contributed by atoms with van der Waals surface area (Å²) in [6.45, 7) is 3.79. The Morgan fingerprint density at radius 1 is 1.53 bits per heavy atom. The van der Waals surface area contributed by atoms with Crippen LogP contribution in [0.5, 0.6) is 0 Å². The minimum absolute atomic E-state index is 0.211. The Hall–Kier alpha value is -0.580. The summed E-state index contributed by atoms with van der Waals surface area (Å²) in [5, 5.41) is 0. The molecular formula is C11H20N2O2. The summed E-state index contributed by atoms with van der Waals surface area (Å²) in [4.78, 5) is 0. The van der Waals surface area contributed by atoms with Crippen molar-refractivity contribution in [1.82, 2.24) is 5.43 Å². The zero-order chi connectivity index (χ0) is 10.7. The van der Waals surface area contributed by atoms with Crippen molar-refractivity contribution < 1.29 is 9.47 Å². The third-order valence-corrected chi connectivity index (χ3v) is 3.40. The predicted octanol–water partition coefficient (Wildman–Crippen LogP) is 0.938. The quantitative estimate of drug-likeness (QED) is 0.540. The van der Waals surface area contributed by atoms with E-state index in [9.17, 15) is 0 Å². The number of hydrogen-bond acceptors (Lipinski definition) is 4. The first kappa shape index (κ1) is 10.9. The van der Waals surface area contributed by atoms with E-state index < -0.39 is 0 Å². The summed E-state index contributed by atoms with van der Waals surface area (Å²) in [5.74, 6) is 6.12. The molecule has 4 nitrogen and oxygen atoms in total. The second kappa shape index (κ2) is 4.96. The summed E-state index contributed by atoms with van der Waals surface area (Å²) in [7, 11) is 0. The van der Waals surface area contributed by atoms with Gasteiger partial charge in [-0.25, -0.2) is 0 Å².